The first kappa shape index (κ1) is 35.2. The molecule has 6 rings (SSSR count). The van der Waals surface area contributed by atoms with Crippen LogP contribution in [0.25, 0.3) is 5.76 Å². The van der Waals surface area contributed by atoms with Crippen LogP contribution in [0, 0.1) is 46.3 Å². The molecule has 0 amide bonds. The Morgan fingerprint density at radius 3 is 2.35 bits per heavy atom. The lowest BCUT2D eigenvalue weighted by Crippen LogP contribution is -2.73. The molecule has 49 heavy (non-hydrogen) atoms. The van der Waals surface area contributed by atoms with E-state index < -0.39 is 74.5 Å². The molecule has 4 unspecified atom stereocenters. The lowest BCUT2D eigenvalue weighted by molar-refractivity contribution is -0.199. The third-order valence-electron chi connectivity index (χ3n) is 13.8. The number of ketones is 5. The molecule has 0 saturated heterocycles. The minimum absolute atomic E-state index is 0.0359. The van der Waals surface area contributed by atoms with Crippen molar-refractivity contribution in [3.63, 3.8) is 0 Å². The summed E-state index contributed by atoms with van der Waals surface area (Å²) in [5.41, 5.74) is -6.20. The van der Waals surface area contributed by atoms with Gasteiger partial charge in [0.2, 0.25) is 5.78 Å². The molecule has 4 N–H and O–H groups in total. The van der Waals surface area contributed by atoms with Crippen LogP contribution in [0.2, 0.25) is 0 Å². The van der Waals surface area contributed by atoms with Crippen molar-refractivity contribution in [3.8, 4) is 5.75 Å². The van der Waals surface area contributed by atoms with Gasteiger partial charge in [0, 0.05) is 48.0 Å². The maximum absolute atomic E-state index is 14.9. The van der Waals surface area contributed by atoms with Crippen LogP contribution in [0.15, 0.2) is 35.1 Å². The Morgan fingerprint density at radius 1 is 1.00 bits per heavy atom. The Kier molecular flexibility index (Phi) is 8.65. The average molecular weight is 675 g/mol. The van der Waals surface area contributed by atoms with Gasteiger partial charge in [-0.15, -0.1) is 0 Å². The highest BCUT2D eigenvalue weighted by Crippen LogP contribution is 2.71. The number of phenols is 1. The molecule has 0 radical (unpaired) electrons. The normalized spacial score (nSPS) is 36.9. The maximum Gasteiger partial charge on any atom is 0.203 e. The van der Waals surface area contributed by atoms with Gasteiger partial charge in [-0.1, -0.05) is 59.6 Å². The third kappa shape index (κ3) is 4.77. The number of aliphatic hydroxyl groups is 3. The molecule has 264 valence electrons. The van der Waals surface area contributed by atoms with Gasteiger partial charge in [0.1, 0.15) is 34.4 Å². The van der Waals surface area contributed by atoms with Gasteiger partial charge in [0.25, 0.3) is 0 Å². The lowest BCUT2D eigenvalue weighted by atomic mass is 9.37. The zero-order valence-corrected chi connectivity index (χ0v) is 29.5. The van der Waals surface area contributed by atoms with Gasteiger partial charge in [-0.25, -0.2) is 0 Å². The van der Waals surface area contributed by atoms with E-state index in [2.05, 4.69) is 0 Å². The van der Waals surface area contributed by atoms with Crippen molar-refractivity contribution >= 4 is 34.7 Å². The zero-order valence-electron chi connectivity index (χ0n) is 29.5. The van der Waals surface area contributed by atoms with E-state index in [-0.39, 0.29) is 35.5 Å². The molecule has 1 aromatic carbocycles. The molecule has 9 nitrogen and oxygen atoms in total. The van der Waals surface area contributed by atoms with Crippen molar-refractivity contribution in [1.29, 1.82) is 0 Å². The van der Waals surface area contributed by atoms with E-state index in [0.717, 1.165) is 32.6 Å². The van der Waals surface area contributed by atoms with E-state index in [1.807, 2.05) is 6.92 Å². The highest BCUT2D eigenvalue weighted by molar-refractivity contribution is 6.24. The fourth-order valence-electron chi connectivity index (χ4n) is 11.4. The largest absolute Gasteiger partial charge is 0.508 e. The quantitative estimate of drug-likeness (QED) is 0.169. The number of Topliss-reactive ketones (excluding diaryl/α,β-unsaturated/α-hetero) is 5. The summed E-state index contributed by atoms with van der Waals surface area (Å²) in [6.07, 6.45) is 6.03. The fourth-order valence-corrected chi connectivity index (χ4v) is 11.4. The highest BCUT2D eigenvalue weighted by atomic mass is 16.3. The van der Waals surface area contributed by atoms with Crippen LogP contribution in [-0.2, 0) is 24.0 Å². The van der Waals surface area contributed by atoms with Gasteiger partial charge in [-0.3, -0.25) is 24.0 Å². The van der Waals surface area contributed by atoms with Crippen molar-refractivity contribution in [2.75, 3.05) is 0 Å². The second kappa shape index (κ2) is 12.0. The number of allylic oxidation sites excluding steroid dienone is 1. The van der Waals surface area contributed by atoms with Crippen molar-refractivity contribution in [2.45, 2.75) is 111 Å². The van der Waals surface area contributed by atoms with E-state index >= 15 is 0 Å². The van der Waals surface area contributed by atoms with Crippen LogP contribution in [0.3, 0.4) is 0 Å². The van der Waals surface area contributed by atoms with Crippen LogP contribution >= 0.6 is 0 Å². The maximum atomic E-state index is 14.9. The second-order valence-electron chi connectivity index (χ2n) is 16.4. The molecule has 1 aromatic rings. The van der Waals surface area contributed by atoms with Crippen molar-refractivity contribution in [3.05, 3.63) is 46.2 Å². The Balaban J connectivity index is 1.42. The second-order valence-corrected chi connectivity index (χ2v) is 16.4. The van der Waals surface area contributed by atoms with Crippen LogP contribution < -0.4 is 0 Å². The van der Waals surface area contributed by atoms with E-state index in [1.165, 1.54) is 6.07 Å². The van der Waals surface area contributed by atoms with Crippen molar-refractivity contribution < 1.29 is 44.4 Å². The summed E-state index contributed by atoms with van der Waals surface area (Å²) in [6, 6.07) is 4.76. The molecule has 0 aromatic heterocycles. The molecule has 5 aliphatic carbocycles. The molecule has 9 atom stereocenters. The number of unbranched alkanes of at least 4 members (excludes halogenated alkanes) is 1. The molecule has 0 aliphatic heterocycles. The monoisotopic (exact) mass is 674 g/mol. The van der Waals surface area contributed by atoms with E-state index in [9.17, 15) is 44.4 Å². The molecule has 5 aliphatic rings. The molecule has 9 heteroatoms. The Morgan fingerprint density at radius 2 is 1.69 bits per heavy atom. The lowest BCUT2D eigenvalue weighted by Gasteiger charge is -2.65. The molecule has 3 saturated carbocycles. The molecular weight excluding hydrogens is 624 g/mol. The van der Waals surface area contributed by atoms with Crippen LogP contribution in [-0.4, -0.2) is 54.9 Å². The molecule has 0 bridgehead atoms. The summed E-state index contributed by atoms with van der Waals surface area (Å²) < 4.78 is 0. The fraction of sp³-hybridized carbons (Fsp3) is 0.625. The first-order valence-corrected chi connectivity index (χ1v) is 18.0. The van der Waals surface area contributed by atoms with E-state index in [4.69, 9.17) is 0 Å². The van der Waals surface area contributed by atoms with E-state index in [0.29, 0.717) is 48.4 Å². The van der Waals surface area contributed by atoms with Crippen molar-refractivity contribution in [2.24, 2.45) is 46.3 Å². The molecule has 0 heterocycles. The number of aromatic hydroxyl groups is 1. The number of fused-ring (bicyclic) bond motifs is 4. The zero-order chi connectivity index (χ0) is 36.0. The molecule has 3 fully saturated rings. The number of hydrogen-bond acceptors (Lipinski definition) is 9. The van der Waals surface area contributed by atoms with E-state index in [1.54, 1.807) is 39.8 Å². The number of rotatable bonds is 9. The van der Waals surface area contributed by atoms with Crippen molar-refractivity contribution in [1.82, 2.24) is 0 Å². The predicted molar refractivity (Wildman–Crippen MR) is 181 cm³/mol. The van der Waals surface area contributed by atoms with Crippen LogP contribution in [0.5, 0.6) is 5.75 Å². The minimum atomic E-state index is -2.82. The number of phenolic OH excluding ortho intramolecular Hbond substituents is 1. The molecule has 0 spiro atoms. The summed E-state index contributed by atoms with van der Waals surface area (Å²) in [5, 5.41) is 47.1. The van der Waals surface area contributed by atoms with Gasteiger partial charge in [0.05, 0.1) is 5.56 Å². The van der Waals surface area contributed by atoms with Gasteiger partial charge in [0.15, 0.2) is 17.2 Å². The third-order valence-corrected chi connectivity index (χ3v) is 13.8. The number of hydrogen-bond donors (Lipinski definition) is 4. The number of benzene rings is 1. The van der Waals surface area contributed by atoms with Gasteiger partial charge >= 0.3 is 0 Å². The Bertz CT molecular complexity index is 1720. The Labute approximate surface area is 287 Å². The summed E-state index contributed by atoms with van der Waals surface area (Å²) >= 11 is 0. The summed E-state index contributed by atoms with van der Waals surface area (Å²) in [6.45, 7) is 9.78. The van der Waals surface area contributed by atoms with Gasteiger partial charge < -0.3 is 20.4 Å². The smallest absolute Gasteiger partial charge is 0.203 e. The van der Waals surface area contributed by atoms with Gasteiger partial charge in [-0.2, -0.15) is 0 Å². The van der Waals surface area contributed by atoms with Gasteiger partial charge in [-0.05, 0) is 73.3 Å². The van der Waals surface area contributed by atoms with Crippen LogP contribution in [0.4, 0.5) is 0 Å². The first-order valence-electron chi connectivity index (χ1n) is 18.0. The SMILES string of the molecule is CC(=O)C1=C(O)[C@]2(O)C(=O)C3=C(O)c4c(O)cccc4[C@@H](C)[C@]3(C)[C@@H](CC(=O)CCCCC3CCC4CC(=O)CC34)[C@]2(C)C(C(C)C)C1=O. The molecular formula is C40H50O9. The standard InChI is InChI=1S/C40H50O9/c1-19(2)32-34(45)30(21(4)41)36(47)40(49)37(48)33-35(46)31-26(12-9-13-28(31)44)20(3)38(33,5)29(39(32,40)6)18-24(42)11-8-7-10-22-14-15-23-16-25(43)17-27(22)23/h9,12-13,19-20,22-23,27,29,32,44,46-47,49H,7-8,10-11,14-18H2,1-6H3/t20-,22?,23?,27?,29-,32?,38-,39-,40+/m1/s1. The highest BCUT2D eigenvalue weighted by Gasteiger charge is 2.76. The number of aliphatic hydroxyl groups excluding tert-OH is 2. The Hall–Kier alpha value is -3.59. The minimum Gasteiger partial charge on any atom is -0.508 e. The number of carbonyl (C=O) groups is 5. The summed E-state index contributed by atoms with van der Waals surface area (Å²) in [4.78, 5) is 68.0. The van der Waals surface area contributed by atoms with Crippen LogP contribution in [0.1, 0.15) is 116 Å². The average Bonchev–Trinajstić information content (AvgIpc) is 3.57. The summed E-state index contributed by atoms with van der Waals surface area (Å²) in [5.74, 6) is -5.90. The first-order chi connectivity index (χ1) is 22.9. The summed E-state index contributed by atoms with van der Waals surface area (Å²) in [7, 11) is 0. The topological polar surface area (TPSA) is 166 Å². The predicted octanol–water partition coefficient (Wildman–Crippen LogP) is 6.50. The number of carbonyl (C=O) groups excluding carboxylic acids is 5.